The van der Waals surface area contributed by atoms with Crippen LogP contribution in [0.15, 0.2) is 0 Å². The van der Waals surface area contributed by atoms with Crippen LogP contribution in [0.4, 0.5) is 4.79 Å². The topological polar surface area (TPSA) is 78.4 Å². The van der Waals surface area contributed by atoms with Gasteiger partial charge in [-0.05, 0) is 31.6 Å². The summed E-state index contributed by atoms with van der Waals surface area (Å²) in [6.07, 6.45) is 7.11. The predicted octanol–water partition coefficient (Wildman–Crippen LogP) is 2.76. The zero-order valence-corrected chi connectivity index (χ0v) is 12.7. The van der Waals surface area contributed by atoms with Gasteiger partial charge in [-0.25, -0.2) is 4.79 Å². The summed E-state index contributed by atoms with van der Waals surface area (Å²) in [5, 5.41) is 14.6. The standard InChI is InChI=1S/C15H28N2O3/c1-3-12-7-4-8-13(10-12)17-15(20)16-9-5-6-11(2)14(18)19/h11-13H,3-10H2,1-2H3,(H,18,19)(H2,16,17,20). The van der Waals surface area contributed by atoms with E-state index in [1.54, 1.807) is 6.92 Å². The second-order valence-corrected chi connectivity index (χ2v) is 5.92. The van der Waals surface area contributed by atoms with Gasteiger partial charge in [0.15, 0.2) is 0 Å². The van der Waals surface area contributed by atoms with Crippen LogP contribution in [-0.4, -0.2) is 29.7 Å². The first-order valence-corrected chi connectivity index (χ1v) is 7.80. The Morgan fingerprint density at radius 2 is 2.10 bits per heavy atom. The molecule has 116 valence electrons. The number of urea groups is 1. The molecule has 2 amide bonds. The van der Waals surface area contributed by atoms with E-state index < -0.39 is 5.97 Å². The van der Waals surface area contributed by atoms with Crippen molar-refractivity contribution >= 4 is 12.0 Å². The van der Waals surface area contributed by atoms with Crippen LogP contribution in [-0.2, 0) is 4.79 Å². The van der Waals surface area contributed by atoms with Crippen LogP contribution in [0.2, 0.25) is 0 Å². The molecule has 3 unspecified atom stereocenters. The van der Waals surface area contributed by atoms with Crippen LogP contribution in [0.25, 0.3) is 0 Å². The number of carbonyl (C=O) groups excluding carboxylic acids is 1. The van der Waals surface area contributed by atoms with Crippen molar-refractivity contribution in [1.29, 1.82) is 0 Å². The lowest BCUT2D eigenvalue weighted by atomic mass is 9.84. The van der Waals surface area contributed by atoms with Crippen molar-refractivity contribution in [1.82, 2.24) is 10.6 Å². The molecule has 0 bridgehead atoms. The largest absolute Gasteiger partial charge is 0.481 e. The van der Waals surface area contributed by atoms with Gasteiger partial charge < -0.3 is 15.7 Å². The third-order valence-electron chi connectivity index (χ3n) is 4.22. The van der Waals surface area contributed by atoms with E-state index in [2.05, 4.69) is 17.6 Å². The lowest BCUT2D eigenvalue weighted by Crippen LogP contribution is -2.44. The highest BCUT2D eigenvalue weighted by Gasteiger charge is 2.21. The number of carboxylic acid groups (broad SMARTS) is 1. The van der Waals surface area contributed by atoms with Crippen LogP contribution in [0, 0.1) is 11.8 Å². The molecule has 0 radical (unpaired) electrons. The lowest BCUT2D eigenvalue weighted by Gasteiger charge is -2.29. The number of hydrogen-bond acceptors (Lipinski definition) is 2. The maximum absolute atomic E-state index is 11.7. The zero-order chi connectivity index (χ0) is 15.0. The monoisotopic (exact) mass is 284 g/mol. The lowest BCUT2D eigenvalue weighted by molar-refractivity contribution is -0.141. The fraction of sp³-hybridized carbons (Fsp3) is 0.867. The van der Waals surface area contributed by atoms with E-state index in [1.807, 2.05) is 0 Å². The Labute approximate surface area is 121 Å². The molecule has 0 aliphatic heterocycles. The quantitative estimate of drug-likeness (QED) is 0.629. The van der Waals surface area contributed by atoms with Crippen molar-refractivity contribution < 1.29 is 14.7 Å². The Hall–Kier alpha value is -1.26. The van der Waals surface area contributed by atoms with E-state index in [4.69, 9.17) is 5.11 Å². The summed E-state index contributed by atoms with van der Waals surface area (Å²) in [5.41, 5.74) is 0. The van der Waals surface area contributed by atoms with Crippen LogP contribution >= 0.6 is 0 Å². The zero-order valence-electron chi connectivity index (χ0n) is 12.7. The average molecular weight is 284 g/mol. The summed E-state index contributed by atoms with van der Waals surface area (Å²) < 4.78 is 0. The van der Waals surface area contributed by atoms with Gasteiger partial charge in [0.25, 0.3) is 0 Å². The molecule has 0 aromatic rings. The molecule has 1 aliphatic rings. The predicted molar refractivity (Wildman–Crippen MR) is 78.6 cm³/mol. The molecule has 0 spiro atoms. The molecule has 1 fully saturated rings. The SMILES string of the molecule is CCC1CCCC(NC(=O)NCCCC(C)C(=O)O)C1. The minimum atomic E-state index is -0.776. The highest BCUT2D eigenvalue weighted by molar-refractivity contribution is 5.74. The Balaban J connectivity index is 2.12. The normalized spacial score (nSPS) is 23.9. The van der Waals surface area contributed by atoms with Crippen molar-refractivity contribution in [2.24, 2.45) is 11.8 Å². The number of carboxylic acids is 1. The first-order chi connectivity index (χ1) is 9.52. The van der Waals surface area contributed by atoms with Crippen molar-refractivity contribution in [2.75, 3.05) is 6.54 Å². The maximum atomic E-state index is 11.7. The summed E-state index contributed by atoms with van der Waals surface area (Å²) in [7, 11) is 0. The fourth-order valence-electron chi connectivity index (χ4n) is 2.76. The molecule has 5 nitrogen and oxygen atoms in total. The second kappa shape index (κ2) is 8.82. The second-order valence-electron chi connectivity index (χ2n) is 5.92. The van der Waals surface area contributed by atoms with Crippen molar-refractivity contribution in [2.45, 2.75) is 64.8 Å². The Morgan fingerprint density at radius 3 is 2.75 bits per heavy atom. The van der Waals surface area contributed by atoms with Gasteiger partial charge in [0.2, 0.25) is 0 Å². The summed E-state index contributed by atoms with van der Waals surface area (Å²) in [5.74, 6) is -0.378. The van der Waals surface area contributed by atoms with Gasteiger partial charge in [0.05, 0.1) is 5.92 Å². The van der Waals surface area contributed by atoms with Crippen LogP contribution in [0.3, 0.4) is 0 Å². The molecule has 1 saturated carbocycles. The van der Waals surface area contributed by atoms with E-state index in [0.717, 1.165) is 18.8 Å². The number of rotatable bonds is 7. The first-order valence-electron chi connectivity index (χ1n) is 7.80. The summed E-state index contributed by atoms with van der Waals surface area (Å²) in [6, 6.07) is 0.182. The van der Waals surface area contributed by atoms with Crippen LogP contribution in [0.1, 0.15) is 58.8 Å². The third-order valence-corrected chi connectivity index (χ3v) is 4.22. The molecule has 3 N–H and O–H groups in total. The number of carbonyl (C=O) groups is 2. The molecule has 0 aromatic heterocycles. The molecule has 3 atom stereocenters. The van der Waals surface area contributed by atoms with Gasteiger partial charge in [0.1, 0.15) is 0 Å². The molecule has 1 aliphatic carbocycles. The van der Waals surface area contributed by atoms with E-state index >= 15 is 0 Å². The Morgan fingerprint density at radius 1 is 1.35 bits per heavy atom. The van der Waals surface area contributed by atoms with Crippen molar-refractivity contribution in [3.63, 3.8) is 0 Å². The molecule has 0 heterocycles. The first kappa shape index (κ1) is 16.8. The van der Waals surface area contributed by atoms with E-state index in [-0.39, 0.29) is 11.9 Å². The smallest absolute Gasteiger partial charge is 0.315 e. The number of amides is 2. The number of aliphatic carboxylic acids is 1. The third kappa shape index (κ3) is 6.26. The molecular formula is C15H28N2O3. The highest BCUT2D eigenvalue weighted by Crippen LogP contribution is 2.26. The Kier molecular flexibility index (Phi) is 7.41. The minimum Gasteiger partial charge on any atom is -0.481 e. The molecule has 0 aromatic carbocycles. The van der Waals surface area contributed by atoms with Gasteiger partial charge in [-0.15, -0.1) is 0 Å². The van der Waals surface area contributed by atoms with E-state index in [0.29, 0.717) is 25.4 Å². The van der Waals surface area contributed by atoms with Crippen LogP contribution < -0.4 is 10.6 Å². The Bertz CT molecular complexity index is 320. The minimum absolute atomic E-state index is 0.116. The van der Waals surface area contributed by atoms with Gasteiger partial charge >= 0.3 is 12.0 Å². The molecule has 1 rings (SSSR count). The molecular weight excluding hydrogens is 256 g/mol. The summed E-state index contributed by atoms with van der Waals surface area (Å²) in [6.45, 7) is 4.43. The van der Waals surface area contributed by atoms with Crippen LogP contribution in [0.5, 0.6) is 0 Å². The van der Waals surface area contributed by atoms with Crippen molar-refractivity contribution in [3.05, 3.63) is 0 Å². The highest BCUT2D eigenvalue weighted by atomic mass is 16.4. The van der Waals surface area contributed by atoms with E-state index in [1.165, 1.54) is 19.3 Å². The average Bonchev–Trinajstić information content (AvgIpc) is 2.43. The number of hydrogen-bond donors (Lipinski definition) is 3. The summed E-state index contributed by atoms with van der Waals surface area (Å²) in [4.78, 5) is 22.4. The van der Waals surface area contributed by atoms with Crippen molar-refractivity contribution in [3.8, 4) is 0 Å². The maximum Gasteiger partial charge on any atom is 0.315 e. The molecule has 0 saturated heterocycles. The van der Waals surface area contributed by atoms with Gasteiger partial charge in [0, 0.05) is 12.6 Å². The summed E-state index contributed by atoms with van der Waals surface area (Å²) >= 11 is 0. The van der Waals surface area contributed by atoms with Gasteiger partial charge in [-0.3, -0.25) is 4.79 Å². The molecule has 5 heteroatoms. The van der Waals surface area contributed by atoms with Gasteiger partial charge in [-0.1, -0.05) is 33.1 Å². The van der Waals surface area contributed by atoms with Gasteiger partial charge in [-0.2, -0.15) is 0 Å². The fourth-order valence-corrected chi connectivity index (χ4v) is 2.76. The van der Waals surface area contributed by atoms with E-state index in [9.17, 15) is 9.59 Å². The number of nitrogens with one attached hydrogen (secondary N) is 2. The molecule has 20 heavy (non-hydrogen) atoms.